The monoisotopic (exact) mass is 572 g/mol. The Morgan fingerprint density at radius 1 is 1.06 bits per heavy atom. The smallest absolute Gasteiger partial charge is 0.301 e. The summed E-state index contributed by atoms with van der Waals surface area (Å²) < 4.78 is 77.1. The molecule has 0 spiro atoms. The normalized spacial score (nSPS) is 11.7. The highest BCUT2D eigenvalue weighted by Crippen LogP contribution is 2.32. The molecule has 0 aliphatic rings. The maximum Gasteiger partial charge on any atom is 0.301 e. The quantitative estimate of drug-likeness (QED) is 0.267. The predicted molar refractivity (Wildman–Crippen MR) is 123 cm³/mol. The number of rotatable bonds is 12. The van der Waals surface area contributed by atoms with E-state index in [1.165, 1.54) is 12.1 Å². The van der Waals surface area contributed by atoms with E-state index in [-0.39, 0.29) is 24.5 Å². The Hall–Kier alpha value is -1.61. The van der Waals surface area contributed by atoms with E-state index < -0.39 is 33.3 Å². The summed E-state index contributed by atoms with van der Waals surface area (Å²) in [5, 5.41) is 5.49. The number of hydrogen-bond donors (Lipinski definition) is 3. The minimum Gasteiger partial charge on any atom is -0.383 e. The van der Waals surface area contributed by atoms with E-state index in [0.717, 1.165) is 16.4 Å². The Morgan fingerprint density at radius 3 is 2.42 bits per heavy atom. The number of anilines is 3. The lowest BCUT2D eigenvalue weighted by atomic mass is 10.2. The fraction of sp³-hybridized carbons (Fsp3) is 0.368. The number of ether oxygens (including phenoxy) is 1. The lowest BCUT2D eigenvalue weighted by Crippen LogP contribution is -2.40. The van der Waals surface area contributed by atoms with Gasteiger partial charge in [-0.1, -0.05) is 6.92 Å². The van der Waals surface area contributed by atoms with Gasteiger partial charge in [-0.25, -0.2) is 13.2 Å². The van der Waals surface area contributed by atoms with Gasteiger partial charge in [-0.2, -0.15) is 12.7 Å². The molecule has 2 aromatic rings. The van der Waals surface area contributed by atoms with Crippen LogP contribution in [0.4, 0.5) is 30.2 Å². The van der Waals surface area contributed by atoms with Crippen molar-refractivity contribution in [2.75, 3.05) is 49.9 Å². The van der Waals surface area contributed by atoms with E-state index in [1.807, 2.05) is 22.6 Å². The molecule has 0 aliphatic carbocycles. The van der Waals surface area contributed by atoms with Gasteiger partial charge in [0.15, 0.2) is 11.6 Å². The van der Waals surface area contributed by atoms with Crippen molar-refractivity contribution in [2.45, 2.75) is 6.92 Å². The second kappa shape index (κ2) is 11.9. The molecule has 0 bridgehead atoms. The summed E-state index contributed by atoms with van der Waals surface area (Å²) in [6.45, 7) is 3.36. The van der Waals surface area contributed by atoms with E-state index in [1.54, 1.807) is 20.1 Å². The second-order valence-corrected chi connectivity index (χ2v) is 9.29. The summed E-state index contributed by atoms with van der Waals surface area (Å²) in [4.78, 5) is 0. The van der Waals surface area contributed by atoms with Gasteiger partial charge in [0, 0.05) is 36.9 Å². The van der Waals surface area contributed by atoms with Gasteiger partial charge in [-0.15, -0.1) is 0 Å². The molecule has 0 unspecified atom stereocenters. The zero-order valence-electron chi connectivity index (χ0n) is 17.0. The van der Waals surface area contributed by atoms with Crippen LogP contribution in [-0.4, -0.2) is 52.6 Å². The fourth-order valence-electron chi connectivity index (χ4n) is 2.64. The zero-order valence-corrected chi connectivity index (χ0v) is 20.0. The lowest BCUT2D eigenvalue weighted by Gasteiger charge is -2.23. The van der Waals surface area contributed by atoms with Crippen molar-refractivity contribution in [3.63, 3.8) is 0 Å². The molecule has 0 saturated heterocycles. The highest BCUT2D eigenvalue weighted by atomic mass is 127. The van der Waals surface area contributed by atoms with E-state index in [0.29, 0.717) is 23.3 Å². The van der Waals surface area contributed by atoms with Crippen molar-refractivity contribution in [3.8, 4) is 0 Å². The fourth-order valence-corrected chi connectivity index (χ4v) is 4.34. The molecule has 12 heteroatoms. The van der Waals surface area contributed by atoms with Crippen molar-refractivity contribution >= 4 is 49.9 Å². The average Bonchev–Trinajstić information content (AvgIpc) is 2.71. The molecule has 0 radical (unpaired) electrons. The first-order valence-electron chi connectivity index (χ1n) is 9.37. The predicted octanol–water partition coefficient (Wildman–Crippen LogP) is 3.67. The molecular weight excluding hydrogens is 548 g/mol. The molecule has 2 rings (SSSR count). The third-order valence-electron chi connectivity index (χ3n) is 4.24. The third kappa shape index (κ3) is 7.20. The zero-order chi connectivity index (χ0) is 23.0. The first-order chi connectivity index (χ1) is 14.7. The van der Waals surface area contributed by atoms with Crippen LogP contribution in [0.3, 0.4) is 0 Å². The average molecular weight is 572 g/mol. The van der Waals surface area contributed by atoms with Gasteiger partial charge in [0.25, 0.3) is 0 Å². The number of halogens is 4. The maximum absolute atomic E-state index is 14.5. The van der Waals surface area contributed by atoms with Gasteiger partial charge >= 0.3 is 10.2 Å². The van der Waals surface area contributed by atoms with Crippen LogP contribution in [0.5, 0.6) is 0 Å². The maximum atomic E-state index is 14.5. The summed E-state index contributed by atoms with van der Waals surface area (Å²) in [5.74, 6) is -3.23. The largest absolute Gasteiger partial charge is 0.383 e. The second-order valence-electron chi connectivity index (χ2n) is 6.37. The van der Waals surface area contributed by atoms with E-state index in [2.05, 4.69) is 15.4 Å². The van der Waals surface area contributed by atoms with E-state index >= 15 is 0 Å². The molecule has 3 N–H and O–H groups in total. The summed E-state index contributed by atoms with van der Waals surface area (Å²) in [6.07, 6.45) is 0. The van der Waals surface area contributed by atoms with Crippen molar-refractivity contribution in [1.29, 1.82) is 0 Å². The first kappa shape index (κ1) is 25.6. The van der Waals surface area contributed by atoms with E-state index in [9.17, 15) is 21.6 Å². The van der Waals surface area contributed by atoms with Crippen LogP contribution in [0.1, 0.15) is 6.92 Å². The Morgan fingerprint density at radius 2 is 1.77 bits per heavy atom. The van der Waals surface area contributed by atoms with Crippen LogP contribution < -0.4 is 15.4 Å². The molecule has 0 saturated carbocycles. The molecule has 0 atom stereocenters. The molecule has 172 valence electrons. The van der Waals surface area contributed by atoms with Crippen molar-refractivity contribution in [3.05, 3.63) is 51.4 Å². The molecule has 0 heterocycles. The Kier molecular flexibility index (Phi) is 9.81. The summed E-state index contributed by atoms with van der Waals surface area (Å²) in [7, 11) is -2.53. The highest BCUT2D eigenvalue weighted by molar-refractivity contribution is 14.1. The van der Waals surface area contributed by atoms with Crippen molar-refractivity contribution in [1.82, 2.24) is 9.62 Å². The summed E-state index contributed by atoms with van der Waals surface area (Å²) in [6, 6.07) is 6.00. The number of likely N-dealkylation sites (N-methyl/N-ethyl adjacent to an activating group) is 1. The molecule has 0 amide bonds. The summed E-state index contributed by atoms with van der Waals surface area (Å²) >= 11 is 1.91. The third-order valence-corrected chi connectivity index (χ3v) is 6.51. The van der Waals surface area contributed by atoms with Crippen LogP contribution >= 0.6 is 22.6 Å². The number of hydrogen-bond acceptors (Lipinski definition) is 5. The van der Waals surface area contributed by atoms with Gasteiger partial charge in [-0.3, -0.25) is 4.72 Å². The lowest BCUT2D eigenvalue weighted by molar-refractivity contribution is 0.199. The van der Waals surface area contributed by atoms with Crippen LogP contribution in [0.15, 0.2) is 30.3 Å². The van der Waals surface area contributed by atoms with Crippen LogP contribution in [-0.2, 0) is 14.9 Å². The van der Waals surface area contributed by atoms with Crippen molar-refractivity contribution < 1.29 is 26.3 Å². The molecule has 0 aromatic heterocycles. The molecule has 2 aromatic carbocycles. The van der Waals surface area contributed by atoms with Gasteiger partial charge in [0.2, 0.25) is 0 Å². The first-order valence-corrected chi connectivity index (χ1v) is 11.9. The highest BCUT2D eigenvalue weighted by Gasteiger charge is 2.24. The Bertz CT molecular complexity index is 996. The Labute approximate surface area is 193 Å². The minimum atomic E-state index is -4.09. The molecular formula is C19H24F3IN4O3S. The topological polar surface area (TPSA) is 82.7 Å². The van der Waals surface area contributed by atoms with Crippen LogP contribution in [0.2, 0.25) is 0 Å². The number of nitrogens with one attached hydrogen (secondary N) is 3. The molecule has 7 nitrogen and oxygen atoms in total. The SMILES string of the molecule is CCN(CCNCCOC)S(=O)(=O)Nc1ccc(F)c(F)c1Nc1ccc(I)cc1F. The van der Waals surface area contributed by atoms with Gasteiger partial charge in [-0.05, 0) is 52.9 Å². The van der Waals surface area contributed by atoms with Gasteiger partial charge in [0.1, 0.15) is 11.5 Å². The summed E-state index contributed by atoms with van der Waals surface area (Å²) in [5.41, 5.74) is -0.888. The molecule has 31 heavy (non-hydrogen) atoms. The van der Waals surface area contributed by atoms with E-state index in [4.69, 9.17) is 4.74 Å². The minimum absolute atomic E-state index is 0.125. The van der Waals surface area contributed by atoms with Gasteiger partial charge < -0.3 is 15.4 Å². The Balaban J connectivity index is 2.25. The molecule has 0 fully saturated rings. The number of methoxy groups -OCH3 is 1. The number of benzene rings is 2. The van der Waals surface area contributed by atoms with Crippen molar-refractivity contribution in [2.24, 2.45) is 0 Å². The van der Waals surface area contributed by atoms with Gasteiger partial charge in [0.05, 0.1) is 18.0 Å². The van der Waals surface area contributed by atoms with Crippen LogP contribution in [0, 0.1) is 21.0 Å². The molecule has 0 aliphatic heterocycles. The number of nitrogens with zero attached hydrogens (tertiary/aromatic N) is 1. The van der Waals surface area contributed by atoms with Crippen LogP contribution in [0.25, 0.3) is 0 Å². The standard InChI is InChI=1S/C19H24F3IN4O3S/c1-3-27(10-8-24-9-11-30-2)31(28,29)26-17-7-5-14(20)18(22)19(17)25-16-6-4-13(23)12-15(16)21/h4-7,12,24-26H,3,8-11H2,1-2H3.